The van der Waals surface area contributed by atoms with Crippen molar-refractivity contribution in [3.63, 3.8) is 0 Å². The predicted molar refractivity (Wildman–Crippen MR) is 132 cm³/mol. The summed E-state index contributed by atoms with van der Waals surface area (Å²) in [5, 5.41) is 30.8. The van der Waals surface area contributed by atoms with Crippen molar-refractivity contribution in [1.29, 1.82) is 0 Å². The first-order chi connectivity index (χ1) is 18.2. The van der Waals surface area contributed by atoms with E-state index in [2.05, 4.69) is 30.8 Å². The average molecular weight is 504 g/mol. The second-order valence-electron chi connectivity index (χ2n) is 8.28. The number of rotatable bonds is 7. The molecule has 12 nitrogen and oxygen atoms in total. The molecule has 1 aromatic carbocycles. The summed E-state index contributed by atoms with van der Waals surface area (Å²) in [5.74, 6) is 1.03. The van der Waals surface area contributed by atoms with Crippen LogP contribution in [0.25, 0.3) is 27.9 Å². The normalized spacial score (nSPS) is 15.0. The molecule has 1 fully saturated rings. The quantitative estimate of drug-likeness (QED) is 0.315. The van der Waals surface area contributed by atoms with Crippen molar-refractivity contribution in [2.75, 3.05) is 20.3 Å². The molecule has 1 aliphatic heterocycles. The Bertz CT molecular complexity index is 1490. The molecule has 4 aromatic heterocycles. The summed E-state index contributed by atoms with van der Waals surface area (Å²) < 4.78 is 17.6. The highest BCUT2D eigenvalue weighted by molar-refractivity contribution is 5.96. The van der Waals surface area contributed by atoms with Gasteiger partial charge in [-0.3, -0.25) is 9.78 Å². The second-order valence-corrected chi connectivity index (χ2v) is 8.28. The lowest BCUT2D eigenvalue weighted by Gasteiger charge is -2.09. The fourth-order valence-corrected chi connectivity index (χ4v) is 3.81. The third-order valence-electron chi connectivity index (χ3n) is 5.85. The molecule has 0 aliphatic carbocycles. The molecule has 1 aliphatic rings. The van der Waals surface area contributed by atoms with Crippen molar-refractivity contribution in [2.24, 2.45) is 0 Å². The topological polar surface area (TPSA) is 150 Å². The number of fused-ring (bicyclic) bond motifs is 3. The summed E-state index contributed by atoms with van der Waals surface area (Å²) in [6.45, 7) is 1.73. The highest BCUT2D eigenvalue weighted by Gasteiger charge is 2.19. The highest BCUT2D eigenvalue weighted by Crippen LogP contribution is 2.29. The maximum Gasteiger partial charge on any atom is 0.240 e. The van der Waals surface area contributed by atoms with Gasteiger partial charge in [0.2, 0.25) is 11.7 Å². The molecule has 0 spiro atoms. The summed E-state index contributed by atoms with van der Waals surface area (Å²) in [6, 6.07) is 13.2. The van der Waals surface area contributed by atoms with E-state index in [4.69, 9.17) is 14.0 Å². The molecule has 5 heterocycles. The van der Waals surface area contributed by atoms with E-state index in [0.29, 0.717) is 46.1 Å². The van der Waals surface area contributed by atoms with Crippen molar-refractivity contribution in [1.82, 2.24) is 35.3 Å². The summed E-state index contributed by atoms with van der Waals surface area (Å²) in [5.41, 5.74) is 2.08. The zero-order chi connectivity index (χ0) is 25.6. The zero-order valence-corrected chi connectivity index (χ0v) is 20.1. The first-order valence-corrected chi connectivity index (χ1v) is 11.7. The van der Waals surface area contributed by atoms with E-state index < -0.39 is 0 Å². The molecule has 1 saturated heterocycles. The minimum Gasteiger partial charge on any atom is -0.470 e. The van der Waals surface area contributed by atoms with Gasteiger partial charge >= 0.3 is 0 Å². The number of hydrogen-bond acceptors (Lipinski definition) is 11. The molecule has 6 rings (SSSR count). The van der Waals surface area contributed by atoms with E-state index in [1.807, 2.05) is 31.3 Å². The van der Waals surface area contributed by atoms with Gasteiger partial charge < -0.3 is 24.4 Å². The van der Waals surface area contributed by atoms with Gasteiger partial charge in [-0.2, -0.15) is 4.52 Å². The summed E-state index contributed by atoms with van der Waals surface area (Å²) in [4.78, 5) is 15.0. The number of carbonyl (C=O) groups is 1. The van der Waals surface area contributed by atoms with Crippen LogP contribution in [0.15, 0.2) is 53.2 Å². The predicted octanol–water partition coefficient (Wildman–Crippen LogP) is 2.21. The number of aromatic nitrogens is 6. The van der Waals surface area contributed by atoms with Crippen LogP contribution in [0.4, 0.5) is 0 Å². The number of pyridine rings is 1. The fourth-order valence-electron chi connectivity index (χ4n) is 3.81. The van der Waals surface area contributed by atoms with Crippen molar-refractivity contribution >= 4 is 22.7 Å². The Kier molecular flexibility index (Phi) is 7.40. The van der Waals surface area contributed by atoms with E-state index in [0.717, 1.165) is 30.3 Å². The van der Waals surface area contributed by atoms with Gasteiger partial charge in [-0.05, 0) is 31.7 Å². The Labute approximate surface area is 211 Å². The van der Waals surface area contributed by atoms with Crippen LogP contribution in [0.5, 0.6) is 5.88 Å². The summed E-state index contributed by atoms with van der Waals surface area (Å²) in [7, 11) is 1.97. The van der Waals surface area contributed by atoms with E-state index in [1.54, 1.807) is 18.2 Å². The van der Waals surface area contributed by atoms with Gasteiger partial charge in [0.05, 0.1) is 12.3 Å². The minimum atomic E-state index is -0.273. The molecule has 0 bridgehead atoms. The molecular formula is C25H25N7O5. The van der Waals surface area contributed by atoms with Crippen molar-refractivity contribution in [3.05, 3.63) is 65.7 Å². The lowest BCUT2D eigenvalue weighted by molar-refractivity contribution is 0.112. The van der Waals surface area contributed by atoms with Gasteiger partial charge in [0, 0.05) is 41.2 Å². The van der Waals surface area contributed by atoms with Crippen LogP contribution in [0.2, 0.25) is 0 Å². The Morgan fingerprint density at radius 2 is 2.08 bits per heavy atom. The minimum absolute atomic E-state index is 0.164. The monoisotopic (exact) mass is 503 g/mol. The van der Waals surface area contributed by atoms with Gasteiger partial charge in [0.15, 0.2) is 23.4 Å². The molecule has 0 amide bonds. The smallest absolute Gasteiger partial charge is 0.240 e. The number of carbonyl (C=O) groups excluding carboxylic acids is 1. The Morgan fingerprint density at radius 3 is 2.73 bits per heavy atom. The molecule has 12 heteroatoms. The van der Waals surface area contributed by atoms with E-state index in [-0.39, 0.29) is 13.2 Å². The van der Waals surface area contributed by atoms with Crippen LogP contribution >= 0.6 is 0 Å². The Balaban J connectivity index is 0.000000348. The largest absolute Gasteiger partial charge is 0.470 e. The SMILES string of the molecule is CNC1CCOC1.O=Cc1ccc(COc2nn3c(-c4cc(CO)on4)nnc3c3ccccc23)nc1. The molecule has 0 radical (unpaired) electrons. The number of likely N-dealkylation sites (N-methyl/N-ethyl adjacent to an activating group) is 1. The van der Waals surface area contributed by atoms with Crippen LogP contribution in [0, 0.1) is 0 Å². The van der Waals surface area contributed by atoms with Crippen LogP contribution in [-0.4, -0.2) is 67.6 Å². The van der Waals surface area contributed by atoms with Crippen LogP contribution in [0.1, 0.15) is 28.2 Å². The second kappa shape index (κ2) is 11.2. The fraction of sp³-hybridized carbons (Fsp3) is 0.280. The van der Waals surface area contributed by atoms with Gasteiger partial charge in [0.1, 0.15) is 13.2 Å². The van der Waals surface area contributed by atoms with Gasteiger partial charge in [-0.1, -0.05) is 23.4 Å². The van der Waals surface area contributed by atoms with E-state index in [9.17, 15) is 9.90 Å². The average Bonchev–Trinajstić information content (AvgIpc) is 3.73. The molecular weight excluding hydrogens is 478 g/mol. The van der Waals surface area contributed by atoms with E-state index >= 15 is 0 Å². The van der Waals surface area contributed by atoms with Crippen molar-refractivity contribution < 1.29 is 23.9 Å². The maximum absolute atomic E-state index is 10.8. The molecule has 37 heavy (non-hydrogen) atoms. The van der Waals surface area contributed by atoms with Crippen molar-refractivity contribution in [2.45, 2.75) is 25.7 Å². The standard InChI is InChI=1S/C20H14N6O4.C5H11NO/c27-9-12-5-6-13(21-8-12)11-29-20-16-4-2-1-3-15(16)18-22-23-19(26(18)24-20)17-7-14(10-28)30-25-17;1-6-5-2-3-7-4-5/h1-9,28H,10-11H2;5-6H,2-4H2,1H3. The summed E-state index contributed by atoms with van der Waals surface area (Å²) in [6.07, 6.45) is 3.40. The highest BCUT2D eigenvalue weighted by atomic mass is 16.5. The maximum atomic E-state index is 10.8. The number of ether oxygens (including phenoxy) is 2. The van der Waals surface area contributed by atoms with Crippen LogP contribution in [-0.2, 0) is 18.0 Å². The lowest BCUT2D eigenvalue weighted by atomic mass is 10.2. The molecule has 0 saturated carbocycles. The molecule has 190 valence electrons. The van der Waals surface area contributed by atoms with Crippen molar-refractivity contribution in [3.8, 4) is 17.4 Å². The first-order valence-electron chi connectivity index (χ1n) is 11.7. The van der Waals surface area contributed by atoms with Crippen LogP contribution < -0.4 is 10.1 Å². The van der Waals surface area contributed by atoms with E-state index in [1.165, 1.54) is 17.1 Å². The first kappa shape index (κ1) is 24.4. The molecule has 1 unspecified atom stereocenters. The number of nitrogens with zero attached hydrogens (tertiary/aromatic N) is 6. The number of benzene rings is 1. The molecule has 5 aromatic rings. The number of aliphatic hydroxyl groups excluding tert-OH is 1. The van der Waals surface area contributed by atoms with Gasteiger partial charge in [0.25, 0.3) is 0 Å². The molecule has 2 N–H and O–H groups in total. The lowest BCUT2D eigenvalue weighted by Crippen LogP contribution is -2.24. The van der Waals surface area contributed by atoms with Crippen LogP contribution in [0.3, 0.4) is 0 Å². The van der Waals surface area contributed by atoms with Gasteiger partial charge in [-0.15, -0.1) is 15.3 Å². The number of nitrogens with one attached hydrogen (secondary N) is 1. The third-order valence-corrected chi connectivity index (χ3v) is 5.85. The zero-order valence-electron chi connectivity index (χ0n) is 20.1. The Morgan fingerprint density at radius 1 is 1.22 bits per heavy atom. The van der Waals surface area contributed by atoms with Gasteiger partial charge in [-0.25, -0.2) is 0 Å². The third kappa shape index (κ3) is 5.31. The summed E-state index contributed by atoms with van der Waals surface area (Å²) >= 11 is 0. The molecule has 1 atom stereocenters. The number of aldehydes is 1. The number of aliphatic hydroxyl groups is 1. The Hall–Kier alpha value is -4.26. The number of hydrogen-bond donors (Lipinski definition) is 2.